The monoisotopic (exact) mass is 403 g/mol. The number of aliphatic carboxylic acids is 1. The zero-order chi connectivity index (χ0) is 21.1. The molecule has 0 saturated heterocycles. The van der Waals surface area contributed by atoms with E-state index >= 15 is 0 Å². The van der Waals surface area contributed by atoms with Crippen LogP contribution in [0, 0.1) is 5.92 Å². The summed E-state index contributed by atoms with van der Waals surface area (Å²) in [5, 5.41) is 10.9. The average molecular weight is 404 g/mol. The van der Waals surface area contributed by atoms with Gasteiger partial charge in [0.2, 0.25) is 0 Å². The molecule has 1 atom stereocenters. The maximum atomic E-state index is 12.9. The van der Waals surface area contributed by atoms with Crippen LogP contribution in [0.5, 0.6) is 0 Å². The van der Waals surface area contributed by atoms with E-state index in [4.69, 9.17) is 0 Å². The van der Waals surface area contributed by atoms with Gasteiger partial charge in [0.15, 0.2) is 5.78 Å². The maximum Gasteiger partial charge on any atom is 0.306 e. The number of nitrogens with zero attached hydrogens (tertiary/aromatic N) is 1. The zero-order valence-corrected chi connectivity index (χ0v) is 17.6. The minimum atomic E-state index is -0.883. The molecule has 4 heteroatoms. The molecule has 1 unspecified atom stereocenters. The first-order valence-electron chi connectivity index (χ1n) is 10.9. The lowest BCUT2D eigenvalue weighted by Crippen LogP contribution is -2.18. The van der Waals surface area contributed by atoms with Crippen molar-refractivity contribution in [2.75, 3.05) is 0 Å². The molecule has 1 aliphatic rings. The van der Waals surface area contributed by atoms with Crippen molar-refractivity contribution in [1.29, 1.82) is 0 Å². The summed E-state index contributed by atoms with van der Waals surface area (Å²) < 4.78 is 2.22. The molecule has 3 aromatic rings. The Kier molecular flexibility index (Phi) is 6.03. The highest BCUT2D eigenvalue weighted by Gasteiger charge is 2.23. The van der Waals surface area contributed by atoms with Gasteiger partial charge in [-0.15, -0.1) is 0 Å². The van der Waals surface area contributed by atoms with E-state index in [9.17, 15) is 14.7 Å². The van der Waals surface area contributed by atoms with Crippen molar-refractivity contribution in [3.63, 3.8) is 0 Å². The first kappa shape index (κ1) is 20.4. The number of carbonyl (C=O) groups excluding carboxylic acids is 1. The van der Waals surface area contributed by atoms with Crippen molar-refractivity contribution in [3.05, 3.63) is 70.9 Å². The molecule has 0 amide bonds. The lowest BCUT2D eigenvalue weighted by atomic mass is 9.92. The Morgan fingerprint density at radius 1 is 1.07 bits per heavy atom. The van der Waals surface area contributed by atoms with Crippen molar-refractivity contribution >= 4 is 22.7 Å². The van der Waals surface area contributed by atoms with E-state index in [2.05, 4.69) is 29.8 Å². The molecule has 2 aromatic carbocycles. The number of fused-ring (bicyclic) bond motifs is 3. The Balaban J connectivity index is 1.46. The molecule has 1 heterocycles. The van der Waals surface area contributed by atoms with Crippen LogP contribution in [0.4, 0.5) is 0 Å². The summed E-state index contributed by atoms with van der Waals surface area (Å²) in [5.41, 5.74) is 5.71. The van der Waals surface area contributed by atoms with Gasteiger partial charge in [0, 0.05) is 35.6 Å². The average Bonchev–Trinajstić information content (AvgIpc) is 3.05. The number of rotatable bonds is 8. The number of hydrogen-bond acceptors (Lipinski definition) is 2. The smallest absolute Gasteiger partial charge is 0.306 e. The number of benzene rings is 2. The molecule has 1 aliphatic carbocycles. The van der Waals surface area contributed by atoms with Crippen molar-refractivity contribution in [3.8, 4) is 0 Å². The molecule has 0 aliphatic heterocycles. The van der Waals surface area contributed by atoms with E-state index in [1.807, 2.05) is 30.3 Å². The maximum absolute atomic E-state index is 12.9. The predicted octanol–water partition coefficient (Wildman–Crippen LogP) is 5.35. The molecule has 0 saturated carbocycles. The normalized spacial score (nSPS) is 14.4. The number of hydrogen-bond donors (Lipinski definition) is 1. The van der Waals surface area contributed by atoms with Gasteiger partial charge in [-0.2, -0.15) is 0 Å². The molecule has 1 N–H and O–H groups in total. The van der Waals surface area contributed by atoms with Gasteiger partial charge >= 0.3 is 5.97 Å². The minimum absolute atomic E-state index is 0.0553. The van der Waals surface area contributed by atoms with E-state index in [1.165, 1.54) is 35.0 Å². The summed E-state index contributed by atoms with van der Waals surface area (Å²) in [5.74, 6) is -1.60. The molecular weight excluding hydrogens is 374 g/mol. The topological polar surface area (TPSA) is 59.3 Å². The predicted molar refractivity (Wildman–Crippen MR) is 119 cm³/mol. The van der Waals surface area contributed by atoms with Crippen LogP contribution in [0.1, 0.15) is 59.3 Å². The largest absolute Gasteiger partial charge is 0.481 e. The van der Waals surface area contributed by atoms with Crippen molar-refractivity contribution in [2.45, 2.75) is 51.4 Å². The third-order valence-corrected chi connectivity index (χ3v) is 6.49. The number of aromatic nitrogens is 1. The van der Waals surface area contributed by atoms with Gasteiger partial charge in [0.1, 0.15) is 0 Å². The third kappa shape index (κ3) is 4.18. The van der Waals surface area contributed by atoms with Crippen molar-refractivity contribution in [1.82, 2.24) is 4.57 Å². The first-order valence-corrected chi connectivity index (χ1v) is 10.9. The quantitative estimate of drug-likeness (QED) is 0.516. The highest BCUT2D eigenvalue weighted by atomic mass is 16.4. The molecule has 0 fully saturated rings. The molecule has 156 valence electrons. The van der Waals surface area contributed by atoms with Gasteiger partial charge in [0.05, 0.1) is 5.92 Å². The zero-order valence-electron chi connectivity index (χ0n) is 17.6. The van der Waals surface area contributed by atoms with E-state index in [1.54, 1.807) is 0 Å². The van der Waals surface area contributed by atoms with E-state index in [0.29, 0.717) is 12.0 Å². The fraction of sp³-hybridized carbons (Fsp3) is 0.385. The van der Waals surface area contributed by atoms with E-state index in [0.717, 1.165) is 31.2 Å². The highest BCUT2D eigenvalue weighted by molar-refractivity contribution is 6.01. The Bertz CT molecular complexity index is 1060. The summed E-state index contributed by atoms with van der Waals surface area (Å²) in [7, 11) is 2.07. The molecule has 0 radical (unpaired) electrons. The molecule has 30 heavy (non-hydrogen) atoms. The number of Topliss-reactive ketones (excluding diaryl/α,β-unsaturated/α-hetero) is 1. The second kappa shape index (κ2) is 8.86. The lowest BCUT2D eigenvalue weighted by molar-refractivity contribution is -0.141. The standard InChI is InChI=1S/C26H29NO3/c1-27-23-13-6-5-12-21(23)22-15-14-19(16-24(22)27)25(28)17-20(26(29)30)11-7-10-18-8-3-2-4-9-18/h2-4,8-9,14-16,20H,5-7,10-13,17H2,1H3,(H,29,30). The molecule has 1 aromatic heterocycles. The Morgan fingerprint density at radius 3 is 2.60 bits per heavy atom. The summed E-state index contributed by atoms with van der Waals surface area (Å²) in [6, 6.07) is 15.9. The van der Waals surface area contributed by atoms with Gasteiger partial charge in [0.25, 0.3) is 0 Å². The fourth-order valence-electron chi connectivity index (χ4n) is 4.78. The fourth-order valence-corrected chi connectivity index (χ4v) is 4.78. The molecule has 4 nitrogen and oxygen atoms in total. The Labute approximate surface area is 177 Å². The molecular formula is C26H29NO3. The van der Waals surface area contributed by atoms with Crippen LogP contribution < -0.4 is 0 Å². The number of aryl methyl sites for hydroxylation is 3. The van der Waals surface area contributed by atoms with Crippen LogP contribution in [0.25, 0.3) is 10.9 Å². The van der Waals surface area contributed by atoms with Gasteiger partial charge in [-0.05, 0) is 62.1 Å². The second-order valence-electron chi connectivity index (χ2n) is 8.46. The van der Waals surface area contributed by atoms with Crippen molar-refractivity contribution in [2.24, 2.45) is 13.0 Å². The lowest BCUT2D eigenvalue weighted by Gasteiger charge is -2.12. The van der Waals surface area contributed by atoms with Gasteiger partial charge < -0.3 is 9.67 Å². The number of carbonyl (C=O) groups is 2. The summed E-state index contributed by atoms with van der Waals surface area (Å²) >= 11 is 0. The molecule has 4 rings (SSSR count). The van der Waals surface area contributed by atoms with Crippen LogP contribution in [0.15, 0.2) is 48.5 Å². The van der Waals surface area contributed by atoms with Crippen LogP contribution in [-0.2, 0) is 31.1 Å². The number of ketones is 1. The van der Waals surface area contributed by atoms with Crippen LogP contribution >= 0.6 is 0 Å². The van der Waals surface area contributed by atoms with E-state index in [-0.39, 0.29) is 12.2 Å². The summed E-state index contributed by atoms with van der Waals surface area (Å²) in [6.07, 6.45) is 6.78. The Morgan fingerprint density at radius 2 is 1.83 bits per heavy atom. The van der Waals surface area contributed by atoms with Crippen LogP contribution in [0.3, 0.4) is 0 Å². The Hall–Kier alpha value is -2.88. The molecule has 0 bridgehead atoms. The SMILES string of the molecule is Cn1c2c(c3ccc(C(=O)CC(CCCc4ccccc4)C(=O)O)cc31)CCCC2. The minimum Gasteiger partial charge on any atom is -0.481 e. The van der Waals surface area contributed by atoms with Gasteiger partial charge in [-0.3, -0.25) is 9.59 Å². The second-order valence-corrected chi connectivity index (χ2v) is 8.46. The first-order chi connectivity index (χ1) is 14.5. The summed E-state index contributed by atoms with van der Waals surface area (Å²) in [6.45, 7) is 0. The third-order valence-electron chi connectivity index (χ3n) is 6.49. The van der Waals surface area contributed by atoms with Crippen LogP contribution in [0.2, 0.25) is 0 Å². The van der Waals surface area contributed by atoms with E-state index < -0.39 is 11.9 Å². The van der Waals surface area contributed by atoms with Crippen molar-refractivity contribution < 1.29 is 14.7 Å². The number of carboxylic acid groups (broad SMARTS) is 1. The summed E-state index contributed by atoms with van der Waals surface area (Å²) in [4.78, 5) is 24.7. The van der Waals surface area contributed by atoms with Gasteiger partial charge in [-0.1, -0.05) is 42.5 Å². The highest BCUT2D eigenvalue weighted by Crippen LogP contribution is 2.32. The molecule has 0 spiro atoms. The number of carboxylic acids is 1. The van der Waals surface area contributed by atoms with Gasteiger partial charge in [-0.25, -0.2) is 0 Å². The van der Waals surface area contributed by atoms with Crippen LogP contribution in [-0.4, -0.2) is 21.4 Å².